The first kappa shape index (κ1) is 20.1. The number of Topliss-reactive ketones (excluding diaryl/α,β-unsaturated/α-hetero) is 1. The van der Waals surface area contributed by atoms with Gasteiger partial charge in [-0.05, 0) is 42.0 Å². The molecule has 1 heterocycles. The Hall–Kier alpha value is -2.69. The van der Waals surface area contributed by atoms with Crippen LogP contribution in [-0.2, 0) is 0 Å². The van der Waals surface area contributed by atoms with E-state index in [0.29, 0.717) is 34.9 Å². The van der Waals surface area contributed by atoms with Crippen LogP contribution in [0.15, 0.2) is 30.5 Å². The number of aliphatic hydroxyl groups is 1. The number of hydrogen-bond donors (Lipinski definition) is 3. The van der Waals surface area contributed by atoms with E-state index in [0.717, 1.165) is 0 Å². The van der Waals surface area contributed by atoms with E-state index in [2.05, 4.69) is 26.7 Å². The summed E-state index contributed by atoms with van der Waals surface area (Å²) < 4.78 is 0. The number of carbonyl (C=O) groups is 1. The van der Waals surface area contributed by atoms with E-state index in [-0.39, 0.29) is 35.7 Å². The molecule has 28 heavy (non-hydrogen) atoms. The molecule has 3 N–H and O–H groups in total. The fourth-order valence-corrected chi connectivity index (χ4v) is 3.26. The number of nitrogens with zero attached hydrogens (tertiary/aromatic N) is 3. The van der Waals surface area contributed by atoms with Crippen LogP contribution < -0.4 is 10.6 Å². The summed E-state index contributed by atoms with van der Waals surface area (Å²) in [5.41, 5.74) is 0.695. The Bertz CT molecular complexity index is 908. The predicted octanol–water partition coefficient (Wildman–Crippen LogP) is 3.12. The fourth-order valence-electron chi connectivity index (χ4n) is 3.14. The molecule has 0 bridgehead atoms. The second-order valence-corrected chi connectivity index (χ2v) is 7.94. The van der Waals surface area contributed by atoms with Crippen LogP contribution in [0.4, 0.5) is 11.8 Å². The molecule has 3 rings (SSSR count). The summed E-state index contributed by atoms with van der Waals surface area (Å²) in [7, 11) is 0. The van der Waals surface area contributed by atoms with Crippen LogP contribution in [0, 0.1) is 22.7 Å². The van der Waals surface area contributed by atoms with E-state index >= 15 is 0 Å². The Balaban J connectivity index is 1.63. The molecule has 0 aliphatic heterocycles. The number of hydrogen-bond acceptors (Lipinski definition) is 7. The van der Waals surface area contributed by atoms with Gasteiger partial charge in [0, 0.05) is 17.1 Å². The van der Waals surface area contributed by atoms with Gasteiger partial charge in [0.15, 0.2) is 5.78 Å². The Morgan fingerprint density at radius 3 is 2.68 bits per heavy atom. The quantitative estimate of drug-likeness (QED) is 0.613. The second kappa shape index (κ2) is 8.13. The maximum Gasteiger partial charge on any atom is 0.225 e. The van der Waals surface area contributed by atoms with Gasteiger partial charge in [0.2, 0.25) is 5.95 Å². The largest absolute Gasteiger partial charge is 0.393 e. The third-order valence-electron chi connectivity index (χ3n) is 5.42. The highest BCUT2D eigenvalue weighted by Crippen LogP contribution is 2.46. The van der Waals surface area contributed by atoms with Crippen molar-refractivity contribution in [1.82, 2.24) is 9.97 Å². The lowest BCUT2D eigenvalue weighted by Crippen LogP contribution is -2.51. The Kier molecular flexibility index (Phi) is 5.82. The zero-order valence-corrected chi connectivity index (χ0v) is 16.5. The van der Waals surface area contributed by atoms with Gasteiger partial charge in [-0.1, -0.05) is 25.4 Å². The van der Waals surface area contributed by atoms with Crippen molar-refractivity contribution in [1.29, 1.82) is 5.26 Å². The molecule has 0 radical (unpaired) electrons. The van der Waals surface area contributed by atoms with Crippen LogP contribution in [0.25, 0.3) is 0 Å². The topological polar surface area (TPSA) is 111 Å². The van der Waals surface area contributed by atoms with Crippen molar-refractivity contribution in [3.05, 3.63) is 46.6 Å². The summed E-state index contributed by atoms with van der Waals surface area (Å²) in [6.45, 7) is 4.66. The summed E-state index contributed by atoms with van der Waals surface area (Å²) in [4.78, 5) is 20.7. The molecule has 1 aliphatic rings. The van der Waals surface area contributed by atoms with Crippen LogP contribution in [0.1, 0.15) is 36.2 Å². The molecule has 1 aromatic carbocycles. The third-order valence-corrected chi connectivity index (χ3v) is 5.67. The molecule has 8 heteroatoms. The normalized spacial score (nSPS) is 20.0. The van der Waals surface area contributed by atoms with Crippen LogP contribution in [0.2, 0.25) is 5.02 Å². The SMILES string of the molecule is CC1(C)[C@H](CNc2nc(NCC(=O)c3ccc(Cl)cc3)ncc2C#N)C[C@@H]1O. The van der Waals surface area contributed by atoms with Gasteiger partial charge in [-0.15, -0.1) is 0 Å². The number of carbonyl (C=O) groups excluding carboxylic acids is 1. The summed E-state index contributed by atoms with van der Waals surface area (Å²) in [6.07, 6.45) is 1.83. The van der Waals surface area contributed by atoms with Crippen molar-refractivity contribution in [2.75, 3.05) is 23.7 Å². The number of aromatic nitrogens is 2. The van der Waals surface area contributed by atoms with Crippen molar-refractivity contribution < 1.29 is 9.90 Å². The third kappa shape index (κ3) is 4.24. The van der Waals surface area contributed by atoms with Gasteiger partial charge in [0.05, 0.1) is 18.8 Å². The number of nitrogens with one attached hydrogen (secondary N) is 2. The molecule has 1 aromatic heterocycles. The van der Waals surface area contributed by atoms with Gasteiger partial charge in [0.1, 0.15) is 17.5 Å². The highest BCUT2D eigenvalue weighted by Gasteiger charge is 2.46. The van der Waals surface area contributed by atoms with E-state index in [1.54, 1.807) is 24.3 Å². The van der Waals surface area contributed by atoms with Gasteiger partial charge in [-0.3, -0.25) is 4.79 Å². The van der Waals surface area contributed by atoms with Crippen LogP contribution in [0.5, 0.6) is 0 Å². The number of benzene rings is 1. The zero-order chi connectivity index (χ0) is 20.3. The van der Waals surface area contributed by atoms with Crippen LogP contribution >= 0.6 is 11.6 Å². The maximum atomic E-state index is 12.2. The summed E-state index contributed by atoms with van der Waals surface area (Å²) in [6, 6.07) is 8.71. The zero-order valence-electron chi connectivity index (χ0n) is 15.7. The summed E-state index contributed by atoms with van der Waals surface area (Å²) >= 11 is 5.83. The molecule has 0 spiro atoms. The summed E-state index contributed by atoms with van der Waals surface area (Å²) in [5, 5.41) is 25.8. The lowest BCUT2D eigenvalue weighted by atomic mass is 9.60. The van der Waals surface area contributed by atoms with Crippen molar-refractivity contribution in [3.63, 3.8) is 0 Å². The minimum absolute atomic E-state index is 0.0226. The standard InChI is InChI=1S/C20H22ClN5O2/c1-20(2)14(7-17(20)28)10-23-18-13(8-22)9-24-19(26-18)25-11-16(27)12-3-5-15(21)6-4-12/h3-6,9,14,17,28H,7,10-11H2,1-2H3,(H2,23,24,25,26)/t14-,17-/m0/s1. The molecule has 146 valence electrons. The first-order chi connectivity index (χ1) is 13.3. The molecular formula is C20H22ClN5O2. The first-order valence-corrected chi connectivity index (χ1v) is 9.40. The first-order valence-electron chi connectivity index (χ1n) is 9.03. The van der Waals surface area contributed by atoms with Gasteiger partial charge in [0.25, 0.3) is 0 Å². The number of rotatable bonds is 7. The monoisotopic (exact) mass is 399 g/mol. The average Bonchev–Trinajstić information content (AvgIpc) is 2.69. The molecule has 7 nitrogen and oxygen atoms in total. The molecule has 1 fully saturated rings. The molecule has 1 aliphatic carbocycles. The van der Waals surface area contributed by atoms with Gasteiger partial charge >= 0.3 is 0 Å². The van der Waals surface area contributed by atoms with Crippen molar-refractivity contribution in [3.8, 4) is 6.07 Å². The van der Waals surface area contributed by atoms with E-state index in [1.807, 2.05) is 13.8 Å². The maximum absolute atomic E-state index is 12.2. The van der Waals surface area contributed by atoms with Gasteiger partial charge < -0.3 is 15.7 Å². The molecule has 1 saturated carbocycles. The van der Waals surface area contributed by atoms with Gasteiger partial charge in [-0.25, -0.2) is 4.98 Å². The average molecular weight is 400 g/mol. The van der Waals surface area contributed by atoms with Crippen molar-refractivity contribution in [2.45, 2.75) is 26.4 Å². The Morgan fingerprint density at radius 1 is 1.36 bits per heavy atom. The molecule has 0 unspecified atom stereocenters. The molecular weight excluding hydrogens is 378 g/mol. The number of aliphatic hydroxyl groups excluding tert-OH is 1. The number of halogens is 1. The Labute approximate surface area is 168 Å². The second-order valence-electron chi connectivity index (χ2n) is 7.50. The minimum Gasteiger partial charge on any atom is -0.393 e. The molecule has 0 amide bonds. The van der Waals surface area contributed by atoms with E-state index in [9.17, 15) is 15.2 Å². The van der Waals surface area contributed by atoms with E-state index in [1.165, 1.54) is 6.20 Å². The number of anilines is 2. The number of nitriles is 1. The predicted molar refractivity (Wildman–Crippen MR) is 107 cm³/mol. The molecule has 2 aromatic rings. The van der Waals surface area contributed by atoms with Crippen molar-refractivity contribution >= 4 is 29.2 Å². The van der Waals surface area contributed by atoms with E-state index < -0.39 is 0 Å². The van der Waals surface area contributed by atoms with Crippen LogP contribution in [0.3, 0.4) is 0 Å². The van der Waals surface area contributed by atoms with E-state index in [4.69, 9.17) is 11.6 Å². The van der Waals surface area contributed by atoms with Gasteiger partial charge in [-0.2, -0.15) is 10.2 Å². The lowest BCUT2D eigenvalue weighted by molar-refractivity contribution is -0.0919. The van der Waals surface area contributed by atoms with Crippen LogP contribution in [-0.4, -0.2) is 40.1 Å². The Morgan fingerprint density at radius 2 is 2.07 bits per heavy atom. The molecule has 0 saturated heterocycles. The minimum atomic E-state index is -0.309. The molecule has 2 atom stereocenters. The highest BCUT2D eigenvalue weighted by atomic mass is 35.5. The summed E-state index contributed by atoms with van der Waals surface area (Å²) in [5.74, 6) is 0.837. The van der Waals surface area contributed by atoms with Crippen molar-refractivity contribution in [2.24, 2.45) is 11.3 Å². The lowest BCUT2D eigenvalue weighted by Gasteiger charge is -2.49. The fraction of sp³-hybridized carbons (Fsp3) is 0.400. The highest BCUT2D eigenvalue weighted by molar-refractivity contribution is 6.30. The number of ketones is 1. The smallest absolute Gasteiger partial charge is 0.225 e.